The summed E-state index contributed by atoms with van der Waals surface area (Å²) in [5.41, 5.74) is 8.15. The topological polar surface area (TPSA) is 108 Å². The van der Waals surface area contributed by atoms with Crippen LogP contribution in [0.15, 0.2) is 28.1 Å². The summed E-state index contributed by atoms with van der Waals surface area (Å²) in [5, 5.41) is 23.3. The van der Waals surface area contributed by atoms with Crippen LogP contribution in [0.4, 0.5) is 18.9 Å². The normalized spacial score (nSPS) is 20.9. The predicted molar refractivity (Wildman–Crippen MR) is 128 cm³/mol. The standard InChI is InChI=1S/C18H19BrClN3OS2.C2HF3O2/c19-14-16-18(26-17(14)10-4-1-5-12(24)15(10)21)11(7-13(20)23-16)22-8-9-3-2-6-25-9;3-2(4,5)1(6)7/h2-3,6-7,10,12,15,24H,1,4-5,8,21H2,(H,22,23);(H,6,7)/t10-,12+,15+;/m1./s1. The van der Waals surface area contributed by atoms with Crippen molar-refractivity contribution in [1.82, 2.24) is 4.98 Å². The maximum absolute atomic E-state index is 10.6. The minimum atomic E-state index is -5.08. The van der Waals surface area contributed by atoms with Gasteiger partial charge in [-0.1, -0.05) is 24.1 Å². The maximum atomic E-state index is 10.6. The van der Waals surface area contributed by atoms with Gasteiger partial charge in [0, 0.05) is 34.3 Å². The second kappa shape index (κ2) is 10.9. The number of alkyl halides is 3. The lowest BCUT2D eigenvalue weighted by molar-refractivity contribution is -0.192. The van der Waals surface area contributed by atoms with Crippen LogP contribution in [0, 0.1) is 0 Å². The number of nitrogens with one attached hydrogen (secondary N) is 1. The Balaban J connectivity index is 0.000000383. The van der Waals surface area contributed by atoms with Gasteiger partial charge in [-0.15, -0.1) is 22.7 Å². The Morgan fingerprint density at radius 2 is 2.09 bits per heavy atom. The van der Waals surface area contributed by atoms with Gasteiger partial charge in [0.1, 0.15) is 5.15 Å². The number of fused-ring (bicyclic) bond motifs is 1. The first-order chi connectivity index (χ1) is 15.5. The van der Waals surface area contributed by atoms with Crippen LogP contribution in [-0.4, -0.2) is 39.5 Å². The van der Waals surface area contributed by atoms with E-state index in [0.717, 1.165) is 51.1 Å². The highest BCUT2D eigenvalue weighted by Crippen LogP contribution is 2.46. The predicted octanol–water partition coefficient (Wildman–Crippen LogP) is 5.97. The molecule has 0 saturated heterocycles. The van der Waals surface area contributed by atoms with Crippen LogP contribution < -0.4 is 11.1 Å². The number of aliphatic hydroxyl groups excluding tert-OH is 1. The molecule has 180 valence electrons. The third kappa shape index (κ3) is 6.37. The van der Waals surface area contributed by atoms with Crippen LogP contribution in [-0.2, 0) is 11.3 Å². The summed E-state index contributed by atoms with van der Waals surface area (Å²) in [6.07, 6.45) is -2.79. The number of carbonyl (C=O) groups is 1. The molecule has 0 spiro atoms. The highest BCUT2D eigenvalue weighted by Gasteiger charge is 2.38. The minimum absolute atomic E-state index is 0.135. The van der Waals surface area contributed by atoms with E-state index >= 15 is 0 Å². The van der Waals surface area contributed by atoms with Gasteiger partial charge in [0.05, 0.1) is 26.5 Å². The molecule has 6 nitrogen and oxygen atoms in total. The number of halogens is 5. The molecule has 33 heavy (non-hydrogen) atoms. The molecule has 3 atom stereocenters. The second-order valence-corrected chi connectivity index (χ2v) is 10.6. The number of carboxylic acids is 1. The molecule has 0 radical (unpaired) electrons. The van der Waals surface area contributed by atoms with Crippen molar-refractivity contribution in [3.8, 4) is 0 Å². The summed E-state index contributed by atoms with van der Waals surface area (Å²) < 4.78 is 33.8. The number of nitrogens with two attached hydrogens (primary N) is 1. The van der Waals surface area contributed by atoms with E-state index < -0.39 is 18.2 Å². The Labute approximate surface area is 208 Å². The van der Waals surface area contributed by atoms with Gasteiger partial charge in [-0.2, -0.15) is 13.2 Å². The number of pyridine rings is 1. The van der Waals surface area contributed by atoms with Crippen molar-refractivity contribution in [2.24, 2.45) is 5.73 Å². The molecule has 3 aromatic heterocycles. The maximum Gasteiger partial charge on any atom is 0.490 e. The zero-order valence-corrected chi connectivity index (χ0v) is 20.9. The molecule has 13 heteroatoms. The van der Waals surface area contributed by atoms with E-state index in [1.165, 1.54) is 4.88 Å². The molecule has 4 rings (SSSR count). The molecular weight excluding hydrogens is 567 g/mol. The summed E-state index contributed by atoms with van der Waals surface area (Å²) in [6, 6.07) is 5.79. The van der Waals surface area contributed by atoms with Crippen molar-refractivity contribution in [2.75, 3.05) is 5.32 Å². The van der Waals surface area contributed by atoms with Crippen LogP contribution >= 0.6 is 50.2 Å². The molecule has 1 fully saturated rings. The van der Waals surface area contributed by atoms with E-state index in [0.29, 0.717) is 5.15 Å². The Morgan fingerprint density at radius 1 is 1.39 bits per heavy atom. The van der Waals surface area contributed by atoms with Crippen LogP contribution in [0.3, 0.4) is 0 Å². The fraction of sp³-hybridized carbons (Fsp3) is 0.400. The number of nitrogens with zero attached hydrogens (tertiary/aromatic N) is 1. The summed E-state index contributed by atoms with van der Waals surface area (Å²) in [7, 11) is 0. The monoisotopic (exact) mass is 585 g/mol. The van der Waals surface area contributed by atoms with Crippen LogP contribution in [0.2, 0.25) is 5.15 Å². The molecule has 1 saturated carbocycles. The van der Waals surface area contributed by atoms with E-state index in [1.54, 1.807) is 22.7 Å². The van der Waals surface area contributed by atoms with Gasteiger partial charge in [-0.3, -0.25) is 0 Å². The molecule has 3 heterocycles. The van der Waals surface area contributed by atoms with Crippen LogP contribution in [0.5, 0.6) is 0 Å². The van der Waals surface area contributed by atoms with Crippen LogP contribution in [0.25, 0.3) is 10.2 Å². The fourth-order valence-electron chi connectivity index (χ4n) is 3.50. The lowest BCUT2D eigenvalue weighted by Crippen LogP contribution is -2.42. The first kappa shape index (κ1) is 26.2. The van der Waals surface area contributed by atoms with Crippen molar-refractivity contribution in [1.29, 1.82) is 0 Å². The van der Waals surface area contributed by atoms with E-state index in [1.807, 2.05) is 12.1 Å². The quantitative estimate of drug-likeness (QED) is 0.280. The van der Waals surface area contributed by atoms with Gasteiger partial charge in [-0.25, -0.2) is 9.78 Å². The molecule has 0 amide bonds. The largest absolute Gasteiger partial charge is 0.490 e. The smallest absolute Gasteiger partial charge is 0.475 e. The number of aliphatic carboxylic acids is 1. The molecular formula is C20H20BrClF3N3O3S2. The molecule has 1 aliphatic rings. The average Bonchev–Trinajstić information content (AvgIpc) is 3.37. The number of thiophene rings is 2. The Morgan fingerprint density at radius 3 is 2.70 bits per heavy atom. The molecule has 0 aliphatic heterocycles. The number of aliphatic hydroxyl groups is 1. The fourth-order valence-corrected chi connectivity index (χ4v) is 6.61. The molecule has 3 aromatic rings. The molecule has 0 aromatic carbocycles. The molecule has 0 unspecified atom stereocenters. The number of hydrogen-bond donors (Lipinski definition) is 4. The Kier molecular flexibility index (Phi) is 8.62. The minimum Gasteiger partial charge on any atom is -0.475 e. The lowest BCUT2D eigenvalue weighted by Gasteiger charge is -2.32. The van der Waals surface area contributed by atoms with Gasteiger partial charge >= 0.3 is 12.1 Å². The SMILES string of the molecule is N[C@@H]1[C@@H](O)CCC[C@H]1c1sc2c(NCc3cccs3)cc(Cl)nc2c1Br.O=C(O)C(F)(F)F. The first-order valence-electron chi connectivity index (χ1n) is 9.77. The highest BCUT2D eigenvalue weighted by molar-refractivity contribution is 9.10. The highest BCUT2D eigenvalue weighted by atomic mass is 79.9. The third-order valence-electron chi connectivity index (χ3n) is 5.11. The van der Waals surface area contributed by atoms with Crippen molar-refractivity contribution in [3.63, 3.8) is 0 Å². The molecule has 1 aliphatic carbocycles. The van der Waals surface area contributed by atoms with Gasteiger partial charge in [0.15, 0.2) is 0 Å². The zero-order chi connectivity index (χ0) is 24.3. The number of anilines is 1. The number of carboxylic acid groups (broad SMARTS) is 1. The van der Waals surface area contributed by atoms with E-state index in [-0.39, 0.29) is 12.0 Å². The summed E-state index contributed by atoms with van der Waals surface area (Å²) >= 11 is 13.4. The van der Waals surface area contributed by atoms with Crippen molar-refractivity contribution in [3.05, 3.63) is 43.0 Å². The summed E-state index contributed by atoms with van der Waals surface area (Å²) in [6.45, 7) is 0.750. The van der Waals surface area contributed by atoms with Crippen molar-refractivity contribution in [2.45, 2.75) is 50.0 Å². The lowest BCUT2D eigenvalue weighted by atomic mass is 9.82. The van der Waals surface area contributed by atoms with E-state index in [2.05, 4.69) is 37.7 Å². The Bertz CT molecular complexity index is 1110. The van der Waals surface area contributed by atoms with E-state index in [9.17, 15) is 18.3 Å². The summed E-state index contributed by atoms with van der Waals surface area (Å²) in [4.78, 5) is 15.8. The first-order valence-corrected chi connectivity index (χ1v) is 12.6. The van der Waals surface area contributed by atoms with Crippen molar-refractivity contribution < 1.29 is 28.2 Å². The van der Waals surface area contributed by atoms with Gasteiger partial charge in [0.25, 0.3) is 0 Å². The third-order valence-corrected chi connectivity index (χ3v) is 8.59. The van der Waals surface area contributed by atoms with Crippen LogP contribution in [0.1, 0.15) is 34.9 Å². The number of aromatic nitrogens is 1. The number of rotatable bonds is 4. The average molecular weight is 587 g/mol. The molecule has 5 N–H and O–H groups in total. The second-order valence-electron chi connectivity index (χ2n) is 7.37. The van der Waals surface area contributed by atoms with Gasteiger partial charge in [-0.05, 0) is 40.2 Å². The van der Waals surface area contributed by atoms with E-state index in [4.69, 9.17) is 27.2 Å². The Hall–Kier alpha value is -1.44. The van der Waals surface area contributed by atoms with Crippen molar-refractivity contribution >= 4 is 72.1 Å². The zero-order valence-electron chi connectivity index (χ0n) is 16.9. The molecule has 0 bridgehead atoms. The summed E-state index contributed by atoms with van der Waals surface area (Å²) in [5.74, 6) is -2.62. The van der Waals surface area contributed by atoms with Gasteiger partial charge in [0.2, 0.25) is 0 Å². The van der Waals surface area contributed by atoms with Gasteiger partial charge < -0.3 is 21.3 Å². The number of hydrogen-bond acceptors (Lipinski definition) is 7.